The molecule has 0 heterocycles. The molecule has 12 heavy (non-hydrogen) atoms. The van der Waals surface area contributed by atoms with E-state index >= 15 is 0 Å². The van der Waals surface area contributed by atoms with Crippen molar-refractivity contribution in [3.05, 3.63) is 33.8 Å². The second kappa shape index (κ2) is 4.48. The lowest BCUT2D eigenvalue weighted by Crippen LogP contribution is -1.99. The van der Waals surface area contributed by atoms with Crippen LogP contribution in [0.25, 0.3) is 0 Å². The zero-order valence-electron chi connectivity index (χ0n) is 6.37. The van der Waals surface area contributed by atoms with Crippen molar-refractivity contribution in [1.29, 1.82) is 0 Å². The predicted molar refractivity (Wildman–Crippen MR) is 53.1 cm³/mol. The molecule has 0 aromatic heterocycles. The molecule has 0 aliphatic heterocycles. The fourth-order valence-corrected chi connectivity index (χ4v) is 1.21. The molecule has 1 aromatic rings. The van der Waals surface area contributed by atoms with Crippen molar-refractivity contribution < 1.29 is 9.90 Å². The number of hydrogen-bond donors (Lipinski definition) is 1. The van der Waals surface area contributed by atoms with Crippen molar-refractivity contribution in [1.82, 2.24) is 0 Å². The molecule has 0 aliphatic carbocycles. The molecule has 1 N–H and O–H groups in total. The lowest BCUT2D eigenvalue weighted by atomic mass is 10.1. The Morgan fingerprint density at radius 1 is 1.50 bits per heavy atom. The van der Waals surface area contributed by atoms with Gasteiger partial charge >= 0.3 is 5.97 Å². The first-order chi connectivity index (χ1) is 5.13. The summed E-state index contributed by atoms with van der Waals surface area (Å²) >= 11 is 3.25. The Bertz CT molecular complexity index is 299. The summed E-state index contributed by atoms with van der Waals surface area (Å²) in [6.45, 7) is 1.77. The Kier molecular flexibility index (Phi) is 4.28. The summed E-state index contributed by atoms with van der Waals surface area (Å²) < 4.78 is 0.831. The van der Waals surface area contributed by atoms with Crippen LogP contribution in [0.3, 0.4) is 0 Å². The minimum Gasteiger partial charge on any atom is -0.478 e. The quantitative estimate of drug-likeness (QED) is 0.833. The normalized spacial score (nSPS) is 8.83. The zero-order chi connectivity index (χ0) is 8.43. The molecule has 2 nitrogen and oxygen atoms in total. The highest BCUT2D eigenvalue weighted by Gasteiger charge is 2.07. The van der Waals surface area contributed by atoms with Crippen molar-refractivity contribution in [2.45, 2.75) is 6.92 Å². The van der Waals surface area contributed by atoms with Crippen LogP contribution >= 0.6 is 28.3 Å². The minimum atomic E-state index is -0.885. The summed E-state index contributed by atoms with van der Waals surface area (Å²) in [5.41, 5.74) is 1.11. The second-order valence-electron chi connectivity index (χ2n) is 2.22. The molecule has 1 rings (SSSR count). The molecule has 4 heteroatoms. The number of halogens is 2. The van der Waals surface area contributed by atoms with Gasteiger partial charge in [-0.2, -0.15) is 0 Å². The van der Waals surface area contributed by atoms with E-state index in [1.54, 1.807) is 19.1 Å². The molecular formula is C8H8BrClO2. The van der Waals surface area contributed by atoms with Crippen molar-refractivity contribution in [2.24, 2.45) is 0 Å². The van der Waals surface area contributed by atoms with Crippen molar-refractivity contribution in [3.63, 3.8) is 0 Å². The van der Waals surface area contributed by atoms with E-state index in [4.69, 9.17) is 5.11 Å². The molecule has 0 radical (unpaired) electrons. The molecule has 1 aromatic carbocycles. The summed E-state index contributed by atoms with van der Waals surface area (Å²) in [4.78, 5) is 10.6. The smallest absolute Gasteiger partial charge is 0.335 e. The van der Waals surface area contributed by atoms with Crippen LogP contribution in [0.4, 0.5) is 0 Å². The van der Waals surface area contributed by atoms with Gasteiger partial charge < -0.3 is 5.11 Å². The van der Waals surface area contributed by atoms with Gasteiger partial charge in [-0.3, -0.25) is 0 Å². The first-order valence-electron chi connectivity index (χ1n) is 3.11. The van der Waals surface area contributed by atoms with Gasteiger partial charge in [0, 0.05) is 4.47 Å². The van der Waals surface area contributed by atoms with Crippen LogP contribution in [0, 0.1) is 6.92 Å². The van der Waals surface area contributed by atoms with E-state index in [1.807, 2.05) is 6.07 Å². The van der Waals surface area contributed by atoms with Crippen LogP contribution in [0.1, 0.15) is 15.9 Å². The van der Waals surface area contributed by atoms with Gasteiger partial charge in [0.25, 0.3) is 0 Å². The van der Waals surface area contributed by atoms with Gasteiger partial charge in [0.2, 0.25) is 0 Å². The Balaban J connectivity index is 0.00000121. The van der Waals surface area contributed by atoms with Crippen molar-refractivity contribution in [2.75, 3.05) is 0 Å². The van der Waals surface area contributed by atoms with Gasteiger partial charge in [-0.1, -0.05) is 22.0 Å². The lowest BCUT2D eigenvalue weighted by Gasteiger charge is -2.00. The second-order valence-corrected chi connectivity index (χ2v) is 3.07. The van der Waals surface area contributed by atoms with Gasteiger partial charge in [-0.15, -0.1) is 12.4 Å². The highest BCUT2D eigenvalue weighted by atomic mass is 79.9. The van der Waals surface area contributed by atoms with E-state index in [0.717, 1.165) is 10.0 Å². The molecule has 0 aliphatic rings. The summed E-state index contributed by atoms with van der Waals surface area (Å²) in [5.74, 6) is -0.885. The number of aromatic carboxylic acids is 1. The standard InChI is InChI=1S/C8H7BrO2.ClH/c1-5-6(8(10)11)3-2-4-7(5)9;/h2-4H,1H3,(H,10,11);1H. The molecule has 0 unspecified atom stereocenters. The maximum Gasteiger partial charge on any atom is 0.335 e. The Labute approximate surface area is 85.1 Å². The van der Waals surface area contributed by atoms with Gasteiger partial charge in [0.15, 0.2) is 0 Å². The third kappa shape index (κ3) is 2.22. The minimum absolute atomic E-state index is 0. The molecule has 0 atom stereocenters. The predicted octanol–water partition coefficient (Wildman–Crippen LogP) is 2.88. The van der Waals surface area contributed by atoms with Crippen LogP contribution < -0.4 is 0 Å². The van der Waals surface area contributed by atoms with E-state index in [2.05, 4.69) is 15.9 Å². The third-order valence-electron chi connectivity index (χ3n) is 1.50. The van der Waals surface area contributed by atoms with Crippen LogP contribution in [0.2, 0.25) is 0 Å². The first-order valence-corrected chi connectivity index (χ1v) is 3.90. The molecule has 0 saturated heterocycles. The summed E-state index contributed by atoms with van der Waals surface area (Å²) in [6, 6.07) is 5.12. The highest BCUT2D eigenvalue weighted by molar-refractivity contribution is 9.10. The van der Waals surface area contributed by atoms with E-state index in [0.29, 0.717) is 5.56 Å². The molecule has 0 saturated carbocycles. The summed E-state index contributed by atoms with van der Waals surface area (Å²) in [7, 11) is 0. The molecular weight excluding hydrogens is 243 g/mol. The molecule has 0 amide bonds. The van der Waals surface area contributed by atoms with E-state index in [-0.39, 0.29) is 12.4 Å². The Morgan fingerprint density at radius 2 is 2.08 bits per heavy atom. The number of carboxylic acid groups (broad SMARTS) is 1. The van der Waals surface area contributed by atoms with Gasteiger partial charge in [-0.05, 0) is 24.6 Å². The number of benzene rings is 1. The van der Waals surface area contributed by atoms with Crippen LogP contribution in [0.5, 0.6) is 0 Å². The van der Waals surface area contributed by atoms with Gasteiger partial charge in [0.1, 0.15) is 0 Å². The number of carboxylic acids is 1. The van der Waals surface area contributed by atoms with Crippen LogP contribution in [0.15, 0.2) is 22.7 Å². The number of rotatable bonds is 1. The SMILES string of the molecule is Cc1c(Br)cccc1C(=O)O.Cl. The average Bonchev–Trinajstić information content (AvgIpc) is 1.94. The number of carbonyl (C=O) groups is 1. The summed E-state index contributed by atoms with van der Waals surface area (Å²) in [5, 5.41) is 8.67. The van der Waals surface area contributed by atoms with Gasteiger partial charge in [0.05, 0.1) is 5.56 Å². The topological polar surface area (TPSA) is 37.3 Å². The first kappa shape index (κ1) is 11.5. The maximum absolute atomic E-state index is 10.6. The monoisotopic (exact) mass is 250 g/mol. The van der Waals surface area contributed by atoms with Crippen LogP contribution in [-0.2, 0) is 0 Å². The Morgan fingerprint density at radius 3 is 2.50 bits per heavy atom. The fourth-order valence-electron chi connectivity index (χ4n) is 0.839. The largest absolute Gasteiger partial charge is 0.478 e. The summed E-state index contributed by atoms with van der Waals surface area (Å²) in [6.07, 6.45) is 0. The maximum atomic E-state index is 10.6. The van der Waals surface area contributed by atoms with Crippen molar-refractivity contribution in [3.8, 4) is 0 Å². The van der Waals surface area contributed by atoms with E-state index < -0.39 is 5.97 Å². The van der Waals surface area contributed by atoms with Crippen molar-refractivity contribution >= 4 is 34.3 Å². The molecule has 0 bridgehead atoms. The van der Waals surface area contributed by atoms with Crippen LogP contribution in [-0.4, -0.2) is 11.1 Å². The lowest BCUT2D eigenvalue weighted by molar-refractivity contribution is 0.0696. The fraction of sp³-hybridized carbons (Fsp3) is 0.125. The Hall–Kier alpha value is -0.540. The highest BCUT2D eigenvalue weighted by Crippen LogP contribution is 2.18. The molecule has 0 spiro atoms. The number of hydrogen-bond acceptors (Lipinski definition) is 1. The van der Waals surface area contributed by atoms with E-state index in [1.165, 1.54) is 0 Å². The third-order valence-corrected chi connectivity index (χ3v) is 2.36. The molecule has 0 fully saturated rings. The van der Waals surface area contributed by atoms with Gasteiger partial charge in [-0.25, -0.2) is 4.79 Å². The zero-order valence-corrected chi connectivity index (χ0v) is 8.78. The average molecular weight is 252 g/mol. The van der Waals surface area contributed by atoms with E-state index in [9.17, 15) is 4.79 Å². The molecule has 66 valence electrons.